The Kier molecular flexibility index (Phi) is 3.82. The molecule has 0 aliphatic heterocycles. The monoisotopic (exact) mass is 214 g/mol. The van der Waals surface area contributed by atoms with Crippen LogP contribution in [-0.2, 0) is 11.2 Å². The number of rotatable bonds is 3. The fourth-order valence-electron chi connectivity index (χ4n) is 1.07. The SMILES string of the molecule is CSc1ccc(CC(C)=O)c(Cl)c1. The Hall–Kier alpha value is -0.470. The summed E-state index contributed by atoms with van der Waals surface area (Å²) in [6.07, 6.45) is 2.42. The van der Waals surface area contributed by atoms with Crippen LogP contribution in [0, 0.1) is 0 Å². The number of ketones is 1. The van der Waals surface area contributed by atoms with Crippen LogP contribution in [0.15, 0.2) is 23.1 Å². The van der Waals surface area contributed by atoms with Gasteiger partial charge in [0.05, 0.1) is 0 Å². The molecular weight excluding hydrogens is 204 g/mol. The molecule has 0 aliphatic carbocycles. The second kappa shape index (κ2) is 4.68. The zero-order valence-electron chi connectivity index (χ0n) is 7.63. The van der Waals surface area contributed by atoms with Crippen molar-refractivity contribution >= 4 is 29.1 Å². The van der Waals surface area contributed by atoms with E-state index in [4.69, 9.17) is 11.6 Å². The van der Waals surface area contributed by atoms with Gasteiger partial charge in [-0.1, -0.05) is 17.7 Å². The van der Waals surface area contributed by atoms with E-state index in [1.165, 1.54) is 0 Å². The van der Waals surface area contributed by atoms with E-state index in [9.17, 15) is 4.79 Å². The molecule has 0 saturated carbocycles. The molecule has 0 unspecified atom stereocenters. The summed E-state index contributed by atoms with van der Waals surface area (Å²) in [6, 6.07) is 5.79. The zero-order valence-corrected chi connectivity index (χ0v) is 9.21. The van der Waals surface area contributed by atoms with Crippen molar-refractivity contribution in [1.29, 1.82) is 0 Å². The predicted octanol–water partition coefficient (Wildman–Crippen LogP) is 3.19. The van der Waals surface area contributed by atoms with Crippen LogP contribution in [-0.4, -0.2) is 12.0 Å². The summed E-state index contributed by atoms with van der Waals surface area (Å²) < 4.78 is 0. The lowest BCUT2D eigenvalue weighted by atomic mass is 10.1. The molecule has 0 saturated heterocycles. The van der Waals surface area contributed by atoms with Gasteiger partial charge in [0.2, 0.25) is 0 Å². The van der Waals surface area contributed by atoms with E-state index >= 15 is 0 Å². The first-order valence-electron chi connectivity index (χ1n) is 3.95. The van der Waals surface area contributed by atoms with Gasteiger partial charge in [-0.25, -0.2) is 0 Å². The number of thioether (sulfide) groups is 1. The molecule has 0 heterocycles. The Labute approximate surface area is 87.5 Å². The predicted molar refractivity (Wildman–Crippen MR) is 57.6 cm³/mol. The first-order valence-corrected chi connectivity index (χ1v) is 5.55. The maximum absolute atomic E-state index is 10.9. The van der Waals surface area contributed by atoms with E-state index in [1.807, 2.05) is 24.5 Å². The van der Waals surface area contributed by atoms with Gasteiger partial charge in [0.25, 0.3) is 0 Å². The third-order valence-electron chi connectivity index (χ3n) is 1.70. The highest BCUT2D eigenvalue weighted by Crippen LogP contribution is 2.23. The molecule has 0 radical (unpaired) electrons. The zero-order chi connectivity index (χ0) is 9.84. The molecule has 0 aromatic heterocycles. The molecule has 0 bridgehead atoms. The van der Waals surface area contributed by atoms with Crippen LogP contribution in [0.2, 0.25) is 5.02 Å². The van der Waals surface area contributed by atoms with E-state index < -0.39 is 0 Å². The van der Waals surface area contributed by atoms with Crippen molar-refractivity contribution in [3.63, 3.8) is 0 Å². The average Bonchev–Trinajstić information content (AvgIpc) is 2.08. The van der Waals surface area contributed by atoms with E-state index in [1.54, 1.807) is 18.7 Å². The van der Waals surface area contributed by atoms with Crippen LogP contribution in [0.3, 0.4) is 0 Å². The minimum absolute atomic E-state index is 0.138. The van der Waals surface area contributed by atoms with Crippen molar-refractivity contribution in [2.45, 2.75) is 18.2 Å². The molecule has 0 atom stereocenters. The first kappa shape index (κ1) is 10.6. The van der Waals surface area contributed by atoms with Gasteiger partial charge in [0.1, 0.15) is 5.78 Å². The summed E-state index contributed by atoms with van der Waals surface area (Å²) in [5.41, 5.74) is 0.909. The number of carbonyl (C=O) groups excluding carboxylic acids is 1. The van der Waals surface area contributed by atoms with Gasteiger partial charge < -0.3 is 0 Å². The number of halogens is 1. The number of Topliss-reactive ketones (excluding diaryl/α,β-unsaturated/α-hetero) is 1. The Morgan fingerprint density at radius 2 is 2.23 bits per heavy atom. The Morgan fingerprint density at radius 1 is 1.54 bits per heavy atom. The second-order valence-electron chi connectivity index (χ2n) is 2.84. The second-order valence-corrected chi connectivity index (χ2v) is 4.12. The largest absolute Gasteiger partial charge is 0.300 e. The summed E-state index contributed by atoms with van der Waals surface area (Å²) in [5, 5.41) is 0.682. The summed E-state index contributed by atoms with van der Waals surface area (Å²) >= 11 is 7.63. The highest BCUT2D eigenvalue weighted by molar-refractivity contribution is 7.98. The van der Waals surface area contributed by atoms with Crippen LogP contribution >= 0.6 is 23.4 Å². The van der Waals surface area contributed by atoms with Crippen molar-refractivity contribution in [2.75, 3.05) is 6.26 Å². The maximum Gasteiger partial charge on any atom is 0.134 e. The van der Waals surface area contributed by atoms with Gasteiger partial charge in [-0.3, -0.25) is 4.79 Å². The molecule has 13 heavy (non-hydrogen) atoms. The maximum atomic E-state index is 10.9. The van der Waals surface area contributed by atoms with E-state index in [2.05, 4.69) is 0 Å². The van der Waals surface area contributed by atoms with Crippen LogP contribution in [0.5, 0.6) is 0 Å². The third-order valence-corrected chi connectivity index (χ3v) is 2.78. The van der Waals surface area contributed by atoms with Crippen molar-refractivity contribution in [3.05, 3.63) is 28.8 Å². The molecule has 0 aliphatic rings. The standard InChI is InChI=1S/C10H11ClOS/c1-7(12)5-8-3-4-9(13-2)6-10(8)11/h3-4,6H,5H2,1-2H3. The van der Waals surface area contributed by atoms with Crippen LogP contribution in [0.25, 0.3) is 0 Å². The summed E-state index contributed by atoms with van der Waals surface area (Å²) in [7, 11) is 0. The van der Waals surface area contributed by atoms with Crippen LogP contribution in [0.4, 0.5) is 0 Å². The van der Waals surface area contributed by atoms with Gasteiger partial charge in [-0.2, -0.15) is 0 Å². The molecule has 0 N–H and O–H groups in total. The normalized spacial score (nSPS) is 10.1. The minimum Gasteiger partial charge on any atom is -0.300 e. The lowest BCUT2D eigenvalue weighted by Gasteiger charge is -2.03. The molecule has 1 rings (SSSR count). The topological polar surface area (TPSA) is 17.1 Å². The van der Waals surface area contributed by atoms with Crippen molar-refractivity contribution < 1.29 is 4.79 Å². The van der Waals surface area contributed by atoms with Crippen molar-refractivity contribution in [1.82, 2.24) is 0 Å². The molecule has 3 heteroatoms. The average molecular weight is 215 g/mol. The Balaban J connectivity index is 2.91. The van der Waals surface area contributed by atoms with E-state index in [-0.39, 0.29) is 5.78 Å². The Bertz CT molecular complexity index is 323. The molecule has 0 fully saturated rings. The molecule has 1 aromatic rings. The lowest BCUT2D eigenvalue weighted by molar-refractivity contribution is -0.116. The molecule has 0 amide bonds. The number of benzene rings is 1. The molecule has 1 nitrogen and oxygen atoms in total. The highest BCUT2D eigenvalue weighted by atomic mass is 35.5. The third kappa shape index (κ3) is 3.05. The first-order chi connectivity index (χ1) is 6.13. The Morgan fingerprint density at radius 3 is 2.69 bits per heavy atom. The van der Waals surface area contributed by atoms with E-state index in [0.717, 1.165) is 10.5 Å². The number of carbonyl (C=O) groups is 1. The lowest BCUT2D eigenvalue weighted by Crippen LogP contribution is -1.96. The van der Waals surface area contributed by atoms with Crippen molar-refractivity contribution in [2.24, 2.45) is 0 Å². The van der Waals surface area contributed by atoms with Gasteiger partial charge >= 0.3 is 0 Å². The van der Waals surface area contributed by atoms with Crippen molar-refractivity contribution in [3.8, 4) is 0 Å². The number of hydrogen-bond donors (Lipinski definition) is 0. The fraction of sp³-hybridized carbons (Fsp3) is 0.300. The van der Waals surface area contributed by atoms with Crippen LogP contribution in [0.1, 0.15) is 12.5 Å². The summed E-state index contributed by atoms with van der Waals surface area (Å²) in [5.74, 6) is 0.138. The minimum atomic E-state index is 0.138. The summed E-state index contributed by atoms with van der Waals surface area (Å²) in [6.45, 7) is 1.57. The fourth-order valence-corrected chi connectivity index (χ4v) is 1.82. The van der Waals surface area contributed by atoms with E-state index in [0.29, 0.717) is 11.4 Å². The molecule has 0 spiro atoms. The summed E-state index contributed by atoms with van der Waals surface area (Å²) in [4.78, 5) is 12.0. The molecule has 70 valence electrons. The van der Waals surface area contributed by atoms with Crippen LogP contribution < -0.4 is 0 Å². The van der Waals surface area contributed by atoms with Gasteiger partial charge in [-0.05, 0) is 30.9 Å². The quantitative estimate of drug-likeness (QED) is 0.719. The van der Waals surface area contributed by atoms with Gasteiger partial charge in [-0.15, -0.1) is 11.8 Å². The molecule has 1 aromatic carbocycles. The highest BCUT2D eigenvalue weighted by Gasteiger charge is 2.03. The smallest absolute Gasteiger partial charge is 0.134 e. The van der Waals surface area contributed by atoms with Gasteiger partial charge in [0, 0.05) is 16.3 Å². The van der Waals surface area contributed by atoms with Gasteiger partial charge in [0.15, 0.2) is 0 Å². The molecular formula is C10H11ClOS. The number of hydrogen-bond acceptors (Lipinski definition) is 2.